The second kappa shape index (κ2) is 6.32. The SMILES string of the molecule is CCc1cnc(C(C)NC(=O)c2cc(Br)cnc2N)s1. The number of rotatable bonds is 4. The summed E-state index contributed by atoms with van der Waals surface area (Å²) in [4.78, 5) is 21.7. The van der Waals surface area contributed by atoms with Gasteiger partial charge in [0.15, 0.2) is 0 Å². The molecule has 0 fully saturated rings. The van der Waals surface area contributed by atoms with E-state index >= 15 is 0 Å². The summed E-state index contributed by atoms with van der Waals surface area (Å²) in [7, 11) is 0. The Bertz CT molecular complexity index is 629. The van der Waals surface area contributed by atoms with Gasteiger partial charge < -0.3 is 11.1 Å². The van der Waals surface area contributed by atoms with Crippen LogP contribution < -0.4 is 11.1 Å². The molecule has 2 aromatic rings. The number of aryl methyl sites for hydroxylation is 1. The number of nitrogens with one attached hydrogen (secondary N) is 1. The van der Waals surface area contributed by atoms with Gasteiger partial charge in [-0.25, -0.2) is 9.97 Å². The molecule has 3 N–H and O–H groups in total. The summed E-state index contributed by atoms with van der Waals surface area (Å²) in [6, 6.07) is 1.50. The monoisotopic (exact) mass is 354 g/mol. The number of carbonyl (C=O) groups excluding carboxylic acids is 1. The molecule has 0 saturated carbocycles. The van der Waals surface area contributed by atoms with Crippen molar-refractivity contribution in [1.82, 2.24) is 15.3 Å². The van der Waals surface area contributed by atoms with Crippen molar-refractivity contribution >= 4 is 39.0 Å². The molecule has 5 nitrogen and oxygen atoms in total. The number of halogens is 1. The molecule has 0 aliphatic rings. The number of amides is 1. The molecule has 0 spiro atoms. The summed E-state index contributed by atoms with van der Waals surface area (Å²) in [6.45, 7) is 3.98. The summed E-state index contributed by atoms with van der Waals surface area (Å²) in [6.07, 6.45) is 4.35. The van der Waals surface area contributed by atoms with Gasteiger partial charge in [-0.2, -0.15) is 0 Å². The van der Waals surface area contributed by atoms with Crippen LogP contribution in [0.5, 0.6) is 0 Å². The number of hydrogen-bond acceptors (Lipinski definition) is 5. The largest absolute Gasteiger partial charge is 0.383 e. The molecule has 1 amide bonds. The Morgan fingerprint density at radius 2 is 2.25 bits per heavy atom. The molecule has 0 aliphatic carbocycles. The van der Waals surface area contributed by atoms with Crippen molar-refractivity contribution in [3.8, 4) is 0 Å². The van der Waals surface area contributed by atoms with E-state index in [0.29, 0.717) is 10.0 Å². The highest BCUT2D eigenvalue weighted by Gasteiger charge is 2.17. The van der Waals surface area contributed by atoms with Gasteiger partial charge in [0.1, 0.15) is 10.8 Å². The van der Waals surface area contributed by atoms with E-state index in [9.17, 15) is 4.79 Å². The van der Waals surface area contributed by atoms with Gasteiger partial charge in [0.25, 0.3) is 5.91 Å². The zero-order chi connectivity index (χ0) is 14.7. The van der Waals surface area contributed by atoms with Gasteiger partial charge >= 0.3 is 0 Å². The number of thiazole rings is 1. The van der Waals surface area contributed by atoms with Crippen LogP contribution in [0.4, 0.5) is 5.82 Å². The Labute approximate surface area is 129 Å². The van der Waals surface area contributed by atoms with Crippen LogP contribution in [0.3, 0.4) is 0 Å². The van der Waals surface area contributed by atoms with E-state index in [2.05, 4.69) is 38.1 Å². The third-order valence-corrected chi connectivity index (χ3v) is 4.53. The Balaban J connectivity index is 2.12. The second-order valence-electron chi connectivity index (χ2n) is 4.30. The highest BCUT2D eigenvalue weighted by atomic mass is 79.9. The fraction of sp³-hybridized carbons (Fsp3) is 0.308. The lowest BCUT2D eigenvalue weighted by atomic mass is 10.2. The molecular weight excluding hydrogens is 340 g/mol. The van der Waals surface area contributed by atoms with Crippen LogP contribution in [0, 0.1) is 0 Å². The molecule has 7 heteroatoms. The van der Waals surface area contributed by atoms with E-state index in [1.54, 1.807) is 23.6 Å². The van der Waals surface area contributed by atoms with Crippen molar-refractivity contribution in [2.24, 2.45) is 0 Å². The summed E-state index contributed by atoms with van der Waals surface area (Å²) in [5, 5.41) is 3.77. The molecule has 2 heterocycles. The highest BCUT2D eigenvalue weighted by molar-refractivity contribution is 9.10. The molecule has 106 valence electrons. The van der Waals surface area contributed by atoms with Crippen LogP contribution in [0.25, 0.3) is 0 Å². The average Bonchev–Trinajstić information content (AvgIpc) is 2.90. The summed E-state index contributed by atoms with van der Waals surface area (Å²) in [5.74, 6) is -0.0386. The standard InChI is InChI=1S/C13H15BrN4OS/c1-3-9-6-17-13(20-9)7(2)18-12(19)10-4-8(14)5-16-11(10)15/h4-7H,3H2,1-2H3,(H2,15,16)(H,18,19). The first-order valence-electron chi connectivity index (χ1n) is 6.17. The topological polar surface area (TPSA) is 80.9 Å². The first-order chi connectivity index (χ1) is 9.51. The molecule has 1 atom stereocenters. The van der Waals surface area contributed by atoms with Gasteiger partial charge in [0.2, 0.25) is 0 Å². The van der Waals surface area contributed by atoms with Crippen molar-refractivity contribution in [3.63, 3.8) is 0 Å². The summed E-state index contributed by atoms with van der Waals surface area (Å²) in [5.41, 5.74) is 6.08. The minimum absolute atomic E-state index is 0.161. The van der Waals surface area contributed by atoms with Gasteiger partial charge in [-0.05, 0) is 35.3 Å². The number of nitrogens with two attached hydrogens (primary N) is 1. The van der Waals surface area contributed by atoms with Crippen LogP contribution in [0.2, 0.25) is 0 Å². The number of aromatic nitrogens is 2. The number of hydrogen-bond donors (Lipinski definition) is 2. The lowest BCUT2D eigenvalue weighted by Crippen LogP contribution is -2.27. The normalized spacial score (nSPS) is 12.2. The maximum Gasteiger partial charge on any atom is 0.255 e. The first-order valence-corrected chi connectivity index (χ1v) is 7.78. The van der Waals surface area contributed by atoms with E-state index in [0.717, 1.165) is 11.4 Å². The fourth-order valence-electron chi connectivity index (χ4n) is 1.65. The molecule has 20 heavy (non-hydrogen) atoms. The minimum Gasteiger partial charge on any atom is -0.383 e. The zero-order valence-electron chi connectivity index (χ0n) is 11.2. The van der Waals surface area contributed by atoms with E-state index in [4.69, 9.17) is 5.73 Å². The van der Waals surface area contributed by atoms with Gasteiger partial charge in [0, 0.05) is 21.7 Å². The molecule has 0 aliphatic heterocycles. The molecule has 0 radical (unpaired) electrons. The van der Waals surface area contributed by atoms with E-state index < -0.39 is 0 Å². The number of carbonyl (C=O) groups is 1. The van der Waals surface area contributed by atoms with Crippen molar-refractivity contribution in [3.05, 3.63) is 38.4 Å². The lowest BCUT2D eigenvalue weighted by Gasteiger charge is -2.12. The molecule has 0 saturated heterocycles. The number of pyridine rings is 1. The number of nitrogens with zero attached hydrogens (tertiary/aromatic N) is 2. The lowest BCUT2D eigenvalue weighted by molar-refractivity contribution is 0.0940. The Morgan fingerprint density at radius 1 is 1.50 bits per heavy atom. The van der Waals surface area contributed by atoms with E-state index in [1.807, 2.05) is 13.1 Å². The predicted molar refractivity (Wildman–Crippen MR) is 83.7 cm³/mol. The second-order valence-corrected chi connectivity index (χ2v) is 6.36. The minimum atomic E-state index is -0.253. The molecule has 2 rings (SSSR count). The maximum absolute atomic E-state index is 12.2. The van der Waals surface area contributed by atoms with Gasteiger partial charge in [0.05, 0.1) is 11.6 Å². The third kappa shape index (κ3) is 3.34. The molecule has 1 unspecified atom stereocenters. The highest BCUT2D eigenvalue weighted by Crippen LogP contribution is 2.21. The smallest absolute Gasteiger partial charge is 0.255 e. The van der Waals surface area contributed by atoms with Gasteiger partial charge in [-0.3, -0.25) is 4.79 Å². The fourth-order valence-corrected chi connectivity index (χ4v) is 2.84. The Morgan fingerprint density at radius 3 is 2.90 bits per heavy atom. The van der Waals surface area contributed by atoms with E-state index in [-0.39, 0.29) is 17.8 Å². The summed E-state index contributed by atoms with van der Waals surface area (Å²) >= 11 is 4.88. The van der Waals surface area contributed by atoms with Crippen LogP contribution in [0.1, 0.15) is 40.1 Å². The number of nitrogen functional groups attached to an aromatic ring is 1. The maximum atomic E-state index is 12.2. The van der Waals surface area contributed by atoms with Crippen molar-refractivity contribution < 1.29 is 4.79 Å². The molecule has 0 bridgehead atoms. The predicted octanol–water partition coefficient (Wildman–Crippen LogP) is 2.94. The van der Waals surface area contributed by atoms with Crippen molar-refractivity contribution in [1.29, 1.82) is 0 Å². The molecule has 0 aromatic carbocycles. The zero-order valence-corrected chi connectivity index (χ0v) is 13.6. The van der Waals surface area contributed by atoms with Crippen molar-refractivity contribution in [2.45, 2.75) is 26.3 Å². The quantitative estimate of drug-likeness (QED) is 0.884. The summed E-state index contributed by atoms with van der Waals surface area (Å²) < 4.78 is 0.715. The van der Waals surface area contributed by atoms with Gasteiger partial charge in [-0.15, -0.1) is 11.3 Å². The van der Waals surface area contributed by atoms with Crippen LogP contribution >= 0.6 is 27.3 Å². The third-order valence-electron chi connectivity index (χ3n) is 2.77. The molecular formula is C13H15BrN4OS. The van der Waals surface area contributed by atoms with Crippen LogP contribution in [-0.2, 0) is 6.42 Å². The Kier molecular flexibility index (Phi) is 4.72. The Hall–Kier alpha value is -1.47. The van der Waals surface area contributed by atoms with E-state index in [1.165, 1.54) is 4.88 Å². The first kappa shape index (κ1) is 14.9. The average molecular weight is 355 g/mol. The van der Waals surface area contributed by atoms with Crippen LogP contribution in [-0.4, -0.2) is 15.9 Å². The van der Waals surface area contributed by atoms with Gasteiger partial charge in [-0.1, -0.05) is 6.92 Å². The van der Waals surface area contributed by atoms with Crippen molar-refractivity contribution in [2.75, 3.05) is 5.73 Å². The van der Waals surface area contributed by atoms with Crippen LogP contribution in [0.15, 0.2) is 22.9 Å². The number of anilines is 1. The molecule has 2 aromatic heterocycles.